The van der Waals surface area contributed by atoms with Gasteiger partial charge in [-0.2, -0.15) is 0 Å². The van der Waals surface area contributed by atoms with Gasteiger partial charge in [-0.05, 0) is 36.8 Å². The molecular weight excluding hydrogens is 230 g/mol. The molecule has 1 unspecified atom stereocenters. The highest BCUT2D eigenvalue weighted by Crippen LogP contribution is 2.37. The highest BCUT2D eigenvalue weighted by molar-refractivity contribution is 5.75. The molecule has 1 fully saturated rings. The van der Waals surface area contributed by atoms with Crippen LogP contribution in [-0.4, -0.2) is 18.5 Å². The van der Waals surface area contributed by atoms with Gasteiger partial charge in [0.1, 0.15) is 11.4 Å². The third kappa shape index (κ3) is 2.72. The summed E-state index contributed by atoms with van der Waals surface area (Å²) in [7, 11) is 1.69. The summed E-state index contributed by atoms with van der Waals surface area (Å²) in [6.07, 6.45) is 2.59. The lowest BCUT2D eigenvalue weighted by Gasteiger charge is -2.13. The monoisotopic (exact) mass is 249 g/mol. The number of nitro benzene ring substituents is 1. The molecule has 0 aromatic heterocycles. The van der Waals surface area contributed by atoms with Crippen molar-refractivity contribution in [2.24, 2.45) is 11.8 Å². The maximum absolute atomic E-state index is 11.1. The van der Waals surface area contributed by atoms with E-state index in [1.54, 1.807) is 19.2 Å². The summed E-state index contributed by atoms with van der Waals surface area (Å²) in [5.41, 5.74) is 1.27. The molecule has 5 nitrogen and oxygen atoms in total. The van der Waals surface area contributed by atoms with E-state index in [-0.39, 0.29) is 10.6 Å². The van der Waals surface area contributed by atoms with Gasteiger partial charge in [-0.3, -0.25) is 10.1 Å². The Balaban J connectivity index is 2.12. The van der Waals surface area contributed by atoms with Crippen molar-refractivity contribution in [1.29, 1.82) is 0 Å². The average Bonchev–Trinajstić information content (AvgIpc) is 3.19. The van der Waals surface area contributed by atoms with Crippen molar-refractivity contribution in [3.05, 3.63) is 28.3 Å². The Bertz CT molecular complexity index is 444. The van der Waals surface area contributed by atoms with Gasteiger partial charge in [0.25, 0.3) is 0 Å². The number of hydrogen-bond acceptors (Lipinski definition) is 4. The molecule has 1 aromatic rings. The van der Waals surface area contributed by atoms with E-state index >= 15 is 0 Å². The van der Waals surface area contributed by atoms with E-state index in [2.05, 4.69) is 17.6 Å². The second-order valence-corrected chi connectivity index (χ2v) is 4.90. The van der Waals surface area contributed by atoms with E-state index in [0.29, 0.717) is 17.3 Å². The zero-order chi connectivity index (χ0) is 13.1. The lowest BCUT2D eigenvalue weighted by Crippen LogP contribution is -2.14. The number of anilines is 2. The van der Waals surface area contributed by atoms with Crippen molar-refractivity contribution in [3.8, 4) is 0 Å². The highest BCUT2D eigenvalue weighted by Gasteiger charge is 2.28. The topological polar surface area (TPSA) is 67.2 Å². The first-order valence-electron chi connectivity index (χ1n) is 6.32. The Labute approximate surface area is 107 Å². The van der Waals surface area contributed by atoms with E-state index in [9.17, 15) is 10.1 Å². The van der Waals surface area contributed by atoms with E-state index in [0.717, 1.165) is 12.5 Å². The molecule has 0 aliphatic heterocycles. The summed E-state index contributed by atoms with van der Waals surface area (Å²) < 4.78 is 0. The normalized spacial score (nSPS) is 16.1. The third-order valence-electron chi connectivity index (χ3n) is 3.53. The predicted molar refractivity (Wildman–Crippen MR) is 73.0 cm³/mol. The Morgan fingerprint density at radius 3 is 2.67 bits per heavy atom. The van der Waals surface area contributed by atoms with Gasteiger partial charge in [-0.15, -0.1) is 0 Å². The first-order chi connectivity index (χ1) is 8.63. The molecule has 0 saturated heterocycles. The lowest BCUT2D eigenvalue weighted by molar-refractivity contribution is -0.383. The number of rotatable bonds is 6. The van der Waals surface area contributed by atoms with Gasteiger partial charge in [0.05, 0.1) is 4.92 Å². The highest BCUT2D eigenvalue weighted by atomic mass is 16.6. The minimum atomic E-state index is -0.337. The van der Waals surface area contributed by atoms with Crippen LogP contribution >= 0.6 is 0 Å². The average molecular weight is 249 g/mol. The Kier molecular flexibility index (Phi) is 3.69. The molecule has 1 saturated carbocycles. The third-order valence-corrected chi connectivity index (χ3v) is 3.53. The number of nitrogens with zero attached hydrogens (tertiary/aromatic N) is 1. The lowest BCUT2D eigenvalue weighted by atomic mass is 10.1. The SMILES string of the molecule is CNc1cccc(NCC(C)C2CC2)c1[N+](=O)[O-]. The van der Waals surface area contributed by atoms with Crippen LogP contribution < -0.4 is 10.6 Å². The summed E-state index contributed by atoms with van der Waals surface area (Å²) in [4.78, 5) is 10.8. The molecule has 0 radical (unpaired) electrons. The van der Waals surface area contributed by atoms with Gasteiger partial charge < -0.3 is 10.6 Å². The molecule has 1 aliphatic rings. The van der Waals surface area contributed by atoms with Crippen LogP contribution in [0.4, 0.5) is 17.1 Å². The van der Waals surface area contributed by atoms with E-state index in [1.807, 2.05) is 6.07 Å². The van der Waals surface area contributed by atoms with Gasteiger partial charge in [-0.1, -0.05) is 13.0 Å². The predicted octanol–water partition coefficient (Wildman–Crippen LogP) is 3.09. The maximum atomic E-state index is 11.1. The van der Waals surface area contributed by atoms with Crippen LogP contribution in [0.5, 0.6) is 0 Å². The van der Waals surface area contributed by atoms with Gasteiger partial charge in [0, 0.05) is 13.6 Å². The molecule has 2 N–H and O–H groups in total. The van der Waals surface area contributed by atoms with Crippen LogP contribution in [0.25, 0.3) is 0 Å². The van der Waals surface area contributed by atoms with Crippen molar-refractivity contribution in [2.45, 2.75) is 19.8 Å². The first-order valence-corrected chi connectivity index (χ1v) is 6.32. The van der Waals surface area contributed by atoms with Crippen molar-refractivity contribution < 1.29 is 4.92 Å². The smallest absolute Gasteiger partial charge is 0.315 e. The zero-order valence-electron chi connectivity index (χ0n) is 10.8. The summed E-state index contributed by atoms with van der Waals surface area (Å²) >= 11 is 0. The molecule has 1 aliphatic carbocycles. The Morgan fingerprint density at radius 1 is 1.44 bits per heavy atom. The number of benzene rings is 1. The fourth-order valence-corrected chi connectivity index (χ4v) is 2.19. The van der Waals surface area contributed by atoms with Crippen LogP contribution in [0.15, 0.2) is 18.2 Å². The summed E-state index contributed by atoms with van der Waals surface area (Å²) in [5, 5.41) is 17.2. The molecule has 0 amide bonds. The molecule has 1 aromatic carbocycles. The van der Waals surface area contributed by atoms with E-state index < -0.39 is 0 Å². The number of para-hydroxylation sites is 1. The Morgan fingerprint density at radius 2 is 2.11 bits per heavy atom. The van der Waals surface area contributed by atoms with Crippen LogP contribution in [-0.2, 0) is 0 Å². The quantitative estimate of drug-likeness (QED) is 0.600. The number of nitro groups is 1. The van der Waals surface area contributed by atoms with Crippen molar-refractivity contribution in [2.75, 3.05) is 24.2 Å². The minimum absolute atomic E-state index is 0.128. The van der Waals surface area contributed by atoms with Crippen LogP contribution in [0.2, 0.25) is 0 Å². The molecule has 98 valence electrons. The largest absolute Gasteiger partial charge is 0.382 e. The second kappa shape index (κ2) is 5.25. The molecule has 0 heterocycles. The van der Waals surface area contributed by atoms with Crippen LogP contribution in [0.3, 0.4) is 0 Å². The van der Waals surface area contributed by atoms with Crippen molar-refractivity contribution >= 4 is 17.1 Å². The number of hydrogen-bond donors (Lipinski definition) is 2. The molecule has 5 heteroatoms. The van der Waals surface area contributed by atoms with Gasteiger partial charge in [0.15, 0.2) is 0 Å². The fraction of sp³-hybridized carbons (Fsp3) is 0.538. The molecule has 2 rings (SSSR count). The molecule has 0 bridgehead atoms. The summed E-state index contributed by atoms with van der Waals surface area (Å²) in [6, 6.07) is 5.30. The maximum Gasteiger partial charge on any atom is 0.315 e. The van der Waals surface area contributed by atoms with Gasteiger partial charge in [0.2, 0.25) is 0 Å². The molecular formula is C13H19N3O2. The first kappa shape index (κ1) is 12.7. The van der Waals surface area contributed by atoms with Gasteiger partial charge >= 0.3 is 5.69 Å². The Hall–Kier alpha value is -1.78. The van der Waals surface area contributed by atoms with E-state index in [1.165, 1.54) is 12.8 Å². The minimum Gasteiger partial charge on any atom is -0.382 e. The number of nitrogens with one attached hydrogen (secondary N) is 2. The summed E-state index contributed by atoms with van der Waals surface area (Å²) in [6.45, 7) is 2.98. The van der Waals surface area contributed by atoms with Crippen molar-refractivity contribution in [3.63, 3.8) is 0 Å². The molecule has 0 spiro atoms. The second-order valence-electron chi connectivity index (χ2n) is 4.90. The molecule has 18 heavy (non-hydrogen) atoms. The molecule has 1 atom stereocenters. The van der Waals surface area contributed by atoms with Crippen LogP contribution in [0, 0.1) is 22.0 Å². The van der Waals surface area contributed by atoms with Gasteiger partial charge in [-0.25, -0.2) is 0 Å². The zero-order valence-corrected chi connectivity index (χ0v) is 10.8. The van der Waals surface area contributed by atoms with Crippen molar-refractivity contribution in [1.82, 2.24) is 0 Å². The van der Waals surface area contributed by atoms with E-state index in [4.69, 9.17) is 0 Å². The van der Waals surface area contributed by atoms with Crippen LogP contribution in [0.1, 0.15) is 19.8 Å². The fourth-order valence-electron chi connectivity index (χ4n) is 2.19. The summed E-state index contributed by atoms with van der Waals surface area (Å²) in [5.74, 6) is 1.37. The standard InChI is InChI=1S/C13H19N3O2/c1-9(10-6-7-10)8-15-12-5-3-4-11(14-2)13(12)16(17)18/h3-5,9-10,14-15H,6-8H2,1-2H3.